The van der Waals surface area contributed by atoms with E-state index in [0.29, 0.717) is 12.1 Å². The molecule has 0 saturated heterocycles. The van der Waals surface area contributed by atoms with Crippen LogP contribution in [0.4, 0.5) is 0 Å². The van der Waals surface area contributed by atoms with E-state index in [2.05, 4.69) is 34.9 Å². The summed E-state index contributed by atoms with van der Waals surface area (Å²) in [6.45, 7) is 4.03. The Labute approximate surface area is 290 Å². The molecule has 0 aliphatic carbocycles. The van der Waals surface area contributed by atoms with Crippen molar-refractivity contribution in [3.63, 3.8) is 0 Å². The second kappa shape index (κ2) is 17.8. The van der Waals surface area contributed by atoms with E-state index in [1.165, 1.54) is 4.57 Å². The minimum atomic E-state index is -0.423. The Morgan fingerprint density at radius 2 is 0.979 bits per heavy atom. The maximum atomic E-state index is 11.9. The summed E-state index contributed by atoms with van der Waals surface area (Å²) in [5, 5.41) is 0. The number of aromatic nitrogens is 8. The number of nitrogens with zero attached hydrogens (tertiary/aromatic N) is 7. The zero-order chi connectivity index (χ0) is 32.8. The number of pyridine rings is 6. The number of rotatable bonds is 5. The molecule has 1 N–H and O–H groups in total. The van der Waals surface area contributed by atoms with Gasteiger partial charge in [0.2, 0.25) is 0 Å². The summed E-state index contributed by atoms with van der Waals surface area (Å²) in [5.74, 6) is 0. The molecule has 7 heterocycles. The fourth-order valence-corrected chi connectivity index (χ4v) is 4.38. The van der Waals surface area contributed by atoms with E-state index < -0.39 is 5.69 Å². The fraction of sp³-hybridized carbons (Fsp3) is 0.0811. The smallest absolute Gasteiger partial charge is 0.296 e. The summed E-state index contributed by atoms with van der Waals surface area (Å²) in [6.07, 6.45) is 12.1. The van der Waals surface area contributed by atoms with E-state index in [1.54, 1.807) is 50.3 Å². The zero-order valence-electron chi connectivity index (χ0n) is 26.3. The van der Waals surface area contributed by atoms with Crippen molar-refractivity contribution in [3.05, 3.63) is 178 Å². The Morgan fingerprint density at radius 1 is 0.542 bits per heavy atom. The molecular formula is C37H32N8O2Ru+2. The Kier molecular flexibility index (Phi) is 13.0. The molecule has 0 amide bonds. The third kappa shape index (κ3) is 10.1. The molecule has 0 atom stereocenters. The van der Waals surface area contributed by atoms with Crippen LogP contribution in [0.25, 0.3) is 34.2 Å². The normalized spacial score (nSPS) is 9.96. The Balaban J connectivity index is 0.000000176. The first-order chi connectivity index (χ1) is 23.0. The van der Waals surface area contributed by atoms with Gasteiger partial charge in [0.1, 0.15) is 0 Å². The van der Waals surface area contributed by atoms with Gasteiger partial charge in [-0.3, -0.25) is 44.2 Å². The van der Waals surface area contributed by atoms with Gasteiger partial charge in [0, 0.05) is 48.9 Å². The molecule has 7 aromatic heterocycles. The molecule has 0 fully saturated rings. The number of hydrogen-bond donors (Lipinski definition) is 1. The molecule has 0 radical (unpaired) electrons. The SMILES string of the molecule is Cc1ccnc(-c2cc(Cn3cc(C)c(=O)[nH]c3=O)ccn2)c1.[Ru+2].c1ccc(-c2ccccn2)nc1.c1ccc(-c2ccccn2)nc1. The third-order valence-corrected chi connectivity index (χ3v) is 6.73. The van der Waals surface area contributed by atoms with Crippen LogP contribution in [0.1, 0.15) is 16.7 Å². The van der Waals surface area contributed by atoms with Gasteiger partial charge in [-0.25, -0.2) is 4.79 Å². The monoisotopic (exact) mass is 722 g/mol. The maximum Gasteiger partial charge on any atom is 2.00 e. The molecule has 0 aromatic carbocycles. The number of nitrogens with one attached hydrogen (secondary N) is 1. The van der Waals surface area contributed by atoms with Crippen molar-refractivity contribution in [1.29, 1.82) is 0 Å². The quantitative estimate of drug-likeness (QED) is 0.216. The van der Waals surface area contributed by atoms with Crippen molar-refractivity contribution in [2.75, 3.05) is 0 Å². The molecule has 0 unspecified atom stereocenters. The van der Waals surface area contributed by atoms with E-state index in [0.717, 1.165) is 45.3 Å². The van der Waals surface area contributed by atoms with Crippen molar-refractivity contribution in [1.82, 2.24) is 39.5 Å². The van der Waals surface area contributed by atoms with Crippen molar-refractivity contribution in [3.8, 4) is 34.2 Å². The van der Waals surface area contributed by atoms with Gasteiger partial charge < -0.3 is 0 Å². The van der Waals surface area contributed by atoms with Crippen molar-refractivity contribution >= 4 is 0 Å². The third-order valence-electron chi connectivity index (χ3n) is 6.73. The molecule has 0 spiro atoms. The Hall–Kier alpha value is -5.80. The molecule has 7 rings (SSSR count). The van der Waals surface area contributed by atoms with Gasteiger partial charge in [-0.2, -0.15) is 0 Å². The number of aryl methyl sites for hydroxylation is 2. The van der Waals surface area contributed by atoms with E-state index in [9.17, 15) is 9.59 Å². The van der Waals surface area contributed by atoms with Gasteiger partial charge >= 0.3 is 25.2 Å². The van der Waals surface area contributed by atoms with Crippen LogP contribution in [0.5, 0.6) is 0 Å². The summed E-state index contributed by atoms with van der Waals surface area (Å²) < 4.78 is 1.47. The van der Waals surface area contributed by atoms with E-state index in [1.807, 2.05) is 104 Å². The maximum absolute atomic E-state index is 11.9. The first-order valence-corrected chi connectivity index (χ1v) is 14.8. The van der Waals surface area contributed by atoms with Gasteiger partial charge in [0.15, 0.2) is 0 Å². The summed E-state index contributed by atoms with van der Waals surface area (Å²) >= 11 is 0. The molecule has 238 valence electrons. The second-order valence-corrected chi connectivity index (χ2v) is 10.3. The van der Waals surface area contributed by atoms with Crippen molar-refractivity contribution < 1.29 is 19.5 Å². The van der Waals surface area contributed by atoms with Crippen LogP contribution in [0, 0.1) is 13.8 Å². The van der Waals surface area contributed by atoms with Gasteiger partial charge in [-0.15, -0.1) is 0 Å². The average molecular weight is 722 g/mol. The molecular weight excluding hydrogens is 690 g/mol. The van der Waals surface area contributed by atoms with Crippen LogP contribution in [-0.2, 0) is 26.0 Å². The standard InChI is InChI=1S/C17H16N4O2.2C10H8N2.Ru/c1-11-3-5-18-14(7-11)15-8-13(4-6-19-15)10-21-9-12(2)16(22)20-17(21)23;2*1-3-7-11-9(5-1)10-6-2-4-8-12-10;/h3-9H,10H2,1-2H3,(H,20,22,23);2*1-8H;/q;;;+2. The molecule has 48 heavy (non-hydrogen) atoms. The first-order valence-electron chi connectivity index (χ1n) is 14.8. The minimum absolute atomic E-state index is 0. The van der Waals surface area contributed by atoms with Crippen LogP contribution < -0.4 is 11.2 Å². The van der Waals surface area contributed by atoms with Crippen molar-refractivity contribution in [2.45, 2.75) is 20.4 Å². The number of hydrogen-bond acceptors (Lipinski definition) is 8. The Morgan fingerprint density at radius 3 is 1.42 bits per heavy atom. The summed E-state index contributed by atoms with van der Waals surface area (Å²) in [6, 6.07) is 30.8. The van der Waals surface area contributed by atoms with E-state index in [-0.39, 0.29) is 25.0 Å². The van der Waals surface area contributed by atoms with Gasteiger partial charge in [-0.05, 0) is 97.8 Å². The molecule has 0 aliphatic heterocycles. The molecule has 0 saturated carbocycles. The van der Waals surface area contributed by atoms with E-state index in [4.69, 9.17) is 0 Å². The molecule has 10 nitrogen and oxygen atoms in total. The fourth-order valence-electron chi connectivity index (χ4n) is 4.38. The Bertz CT molecular complexity index is 1980. The molecule has 0 bridgehead atoms. The number of aromatic amines is 1. The minimum Gasteiger partial charge on any atom is -0.296 e. The van der Waals surface area contributed by atoms with Gasteiger partial charge in [0.05, 0.1) is 40.7 Å². The first kappa shape index (κ1) is 35.1. The van der Waals surface area contributed by atoms with E-state index >= 15 is 0 Å². The van der Waals surface area contributed by atoms with Gasteiger partial charge in [0.25, 0.3) is 5.56 Å². The summed E-state index contributed by atoms with van der Waals surface area (Å²) in [7, 11) is 0. The summed E-state index contributed by atoms with van der Waals surface area (Å²) in [5.41, 5.74) is 6.93. The molecule has 0 aliphatic rings. The largest absolute Gasteiger partial charge is 2.00 e. The van der Waals surface area contributed by atoms with Crippen molar-refractivity contribution in [2.24, 2.45) is 0 Å². The van der Waals surface area contributed by atoms with Crippen LogP contribution in [0.3, 0.4) is 0 Å². The second-order valence-electron chi connectivity index (χ2n) is 10.3. The van der Waals surface area contributed by atoms with Gasteiger partial charge in [-0.1, -0.05) is 24.3 Å². The number of H-pyrrole nitrogens is 1. The van der Waals surface area contributed by atoms with Crippen LogP contribution in [-0.4, -0.2) is 39.5 Å². The summed E-state index contributed by atoms with van der Waals surface area (Å²) in [4.78, 5) is 51.0. The topological polar surface area (TPSA) is 132 Å². The average Bonchev–Trinajstić information content (AvgIpc) is 3.13. The predicted octanol–water partition coefficient (Wildman–Crippen LogP) is 5.94. The van der Waals surface area contributed by atoms with Crippen LogP contribution >= 0.6 is 0 Å². The predicted molar refractivity (Wildman–Crippen MR) is 182 cm³/mol. The molecule has 11 heteroatoms. The molecule has 7 aromatic rings. The van der Waals surface area contributed by atoms with Crippen LogP contribution in [0.15, 0.2) is 150 Å². The zero-order valence-corrected chi connectivity index (χ0v) is 28.0. The van der Waals surface area contributed by atoms with Crippen LogP contribution in [0.2, 0.25) is 0 Å².